The van der Waals surface area contributed by atoms with Crippen LogP contribution in [-0.2, 0) is 35.1 Å². The van der Waals surface area contributed by atoms with Gasteiger partial charge in [0.05, 0.1) is 6.61 Å². The van der Waals surface area contributed by atoms with Crippen molar-refractivity contribution in [2.45, 2.75) is 93.3 Å². The van der Waals surface area contributed by atoms with Crippen molar-refractivity contribution in [3.8, 4) is 0 Å². The Morgan fingerprint density at radius 1 is 0.818 bits per heavy atom. The lowest BCUT2D eigenvalue weighted by Crippen LogP contribution is -2.58. The molecule has 0 aliphatic heterocycles. The number of amides is 5. The number of hydrazine groups is 1. The monoisotopic (exact) mass is 617 g/mol. The van der Waals surface area contributed by atoms with Crippen molar-refractivity contribution < 1.29 is 33.5 Å². The predicted molar refractivity (Wildman–Crippen MR) is 169 cm³/mol. The quantitative estimate of drug-likeness (QED) is 0.114. The van der Waals surface area contributed by atoms with Crippen LogP contribution in [0.4, 0.5) is 4.79 Å². The summed E-state index contributed by atoms with van der Waals surface area (Å²) in [5, 5.41) is 7.48. The summed E-state index contributed by atoms with van der Waals surface area (Å²) in [6.07, 6.45) is 3.50. The van der Waals surface area contributed by atoms with Crippen LogP contribution < -0.4 is 26.8 Å². The molecule has 0 radical (unpaired) electrons. The highest BCUT2D eigenvalue weighted by atomic mass is 16.5. The average Bonchev–Trinajstić information content (AvgIpc) is 2.98. The number of carbonyl (C=O) groups is 6. The van der Waals surface area contributed by atoms with Gasteiger partial charge in [-0.05, 0) is 50.5 Å². The zero-order valence-electron chi connectivity index (χ0n) is 27.5. The first-order chi connectivity index (χ1) is 20.8. The molecule has 0 saturated heterocycles. The van der Waals surface area contributed by atoms with E-state index in [0.717, 1.165) is 12.5 Å². The van der Waals surface area contributed by atoms with Crippen molar-refractivity contribution in [3.63, 3.8) is 0 Å². The molecule has 5 N–H and O–H groups in total. The predicted octanol–water partition coefficient (Wildman–Crippen LogP) is 2.97. The molecule has 0 saturated carbocycles. The van der Waals surface area contributed by atoms with Gasteiger partial charge in [-0.15, -0.1) is 0 Å². The van der Waals surface area contributed by atoms with Crippen LogP contribution in [0.15, 0.2) is 42.5 Å². The molecule has 0 aliphatic carbocycles. The van der Waals surface area contributed by atoms with Crippen LogP contribution in [0.25, 0.3) is 0 Å². The topological polar surface area (TPSA) is 172 Å². The fourth-order valence-corrected chi connectivity index (χ4v) is 4.38. The maximum absolute atomic E-state index is 13.1. The molecule has 0 fully saturated rings. The van der Waals surface area contributed by atoms with E-state index in [1.807, 2.05) is 59.8 Å². The molecular weight excluding hydrogens is 566 g/mol. The Bertz CT molecular complexity index is 1110. The van der Waals surface area contributed by atoms with Crippen LogP contribution in [0.3, 0.4) is 0 Å². The van der Waals surface area contributed by atoms with Crippen LogP contribution in [0, 0.1) is 17.8 Å². The summed E-state index contributed by atoms with van der Waals surface area (Å²) in [5.41, 5.74) is 5.33. The minimum atomic E-state index is -1.11. The first kappa shape index (κ1) is 39.8. The zero-order valence-corrected chi connectivity index (χ0v) is 27.5. The number of nitrogens with one attached hydrogen (secondary N) is 5. The summed E-state index contributed by atoms with van der Waals surface area (Å²) in [6.45, 7) is 16.1. The van der Waals surface area contributed by atoms with E-state index in [2.05, 4.69) is 26.8 Å². The van der Waals surface area contributed by atoms with E-state index in [0.29, 0.717) is 0 Å². The Labute approximate surface area is 261 Å². The van der Waals surface area contributed by atoms with Gasteiger partial charge in [-0.2, -0.15) is 0 Å². The molecule has 0 bridgehead atoms. The van der Waals surface area contributed by atoms with Crippen molar-refractivity contribution in [1.29, 1.82) is 0 Å². The van der Waals surface area contributed by atoms with Gasteiger partial charge in [0.1, 0.15) is 18.1 Å². The Morgan fingerprint density at radius 3 is 1.93 bits per heavy atom. The molecular formula is C32H51N5O7. The number of alkyl carbamates (subject to hydrolysis) is 1. The maximum atomic E-state index is 13.1. The highest BCUT2D eigenvalue weighted by Crippen LogP contribution is 2.27. The van der Waals surface area contributed by atoms with Crippen molar-refractivity contribution in [3.05, 3.63) is 48.0 Å². The Morgan fingerprint density at radius 2 is 1.41 bits per heavy atom. The number of ketones is 1. The first-order valence-corrected chi connectivity index (χ1v) is 15.1. The molecule has 12 heteroatoms. The van der Waals surface area contributed by atoms with E-state index in [1.54, 1.807) is 31.2 Å². The fraction of sp³-hybridized carbons (Fsp3) is 0.562. The van der Waals surface area contributed by atoms with Crippen LogP contribution in [-0.4, -0.2) is 60.2 Å². The molecule has 1 aromatic rings. The van der Waals surface area contributed by atoms with Crippen molar-refractivity contribution >= 4 is 35.5 Å². The van der Waals surface area contributed by atoms with Crippen LogP contribution in [0.2, 0.25) is 0 Å². The summed E-state index contributed by atoms with van der Waals surface area (Å²) in [4.78, 5) is 74.6. The van der Waals surface area contributed by atoms with E-state index in [4.69, 9.17) is 4.74 Å². The normalized spacial score (nSPS) is 14.0. The van der Waals surface area contributed by atoms with Gasteiger partial charge in [0.25, 0.3) is 17.7 Å². The smallest absolute Gasteiger partial charge is 0.407 e. The maximum Gasteiger partial charge on any atom is 0.407 e. The third-order valence-corrected chi connectivity index (χ3v) is 6.70. The molecule has 0 aromatic heterocycles. The van der Waals surface area contributed by atoms with E-state index in [1.165, 1.54) is 6.92 Å². The summed E-state index contributed by atoms with van der Waals surface area (Å²) in [6, 6.07) is 5.76. The third-order valence-electron chi connectivity index (χ3n) is 6.70. The number of hydrogen-bond donors (Lipinski definition) is 5. The standard InChI is InChI=1S/C30H45N5O7.C2H6/c1-8-13-19(5)23(18(3)4)17-25(32-27(38)21(7)36)29(40)35-34-26(37)20(6)31-28(39)24(33-30(41)42-9-2)16-22-14-11-10-12-15-22;1-2/h8,10-15,18-20,23-25H,9,16-17H2,1-7H3,(H,31,39)(H,32,38)(H,33,41)(H,34,37)(H,35,40);1-2H3/b13-8-;/t19?,20-,23?,24?,25-;/m0./s1. The lowest BCUT2D eigenvalue weighted by atomic mass is 9.79. The second-order valence-electron chi connectivity index (χ2n) is 10.4. The van der Waals surface area contributed by atoms with Gasteiger partial charge < -0.3 is 20.7 Å². The zero-order chi connectivity index (χ0) is 33.8. The van der Waals surface area contributed by atoms with Crippen molar-refractivity contribution in [1.82, 2.24) is 26.8 Å². The van der Waals surface area contributed by atoms with E-state index in [-0.39, 0.29) is 37.2 Å². The summed E-state index contributed by atoms with van der Waals surface area (Å²) in [7, 11) is 0. The van der Waals surface area contributed by atoms with Gasteiger partial charge in [0.2, 0.25) is 11.7 Å². The Balaban J connectivity index is 0.00000904. The largest absolute Gasteiger partial charge is 0.450 e. The van der Waals surface area contributed by atoms with Crippen molar-refractivity contribution in [2.75, 3.05) is 6.61 Å². The van der Waals surface area contributed by atoms with E-state index in [9.17, 15) is 28.8 Å². The molecule has 0 heterocycles. The van der Waals surface area contributed by atoms with Crippen LogP contribution in [0.1, 0.15) is 74.3 Å². The van der Waals surface area contributed by atoms with Gasteiger partial charge >= 0.3 is 6.09 Å². The lowest BCUT2D eigenvalue weighted by molar-refractivity contribution is -0.139. The highest BCUT2D eigenvalue weighted by Gasteiger charge is 2.31. The number of Topliss-reactive ketones (excluding diaryl/α,β-unsaturated/α-hetero) is 1. The number of rotatable bonds is 15. The Kier molecular flexibility index (Phi) is 19.4. The Hall–Kier alpha value is -4.22. The molecule has 0 spiro atoms. The summed E-state index contributed by atoms with van der Waals surface area (Å²) < 4.78 is 4.90. The van der Waals surface area contributed by atoms with Gasteiger partial charge in [0.15, 0.2) is 0 Å². The average molecular weight is 618 g/mol. The summed E-state index contributed by atoms with van der Waals surface area (Å²) >= 11 is 0. The van der Waals surface area contributed by atoms with E-state index < -0.39 is 53.6 Å². The number of ether oxygens (including phenoxy) is 1. The number of allylic oxidation sites excluding steroid dienone is 2. The van der Waals surface area contributed by atoms with Crippen LogP contribution >= 0.6 is 0 Å². The first-order valence-electron chi connectivity index (χ1n) is 15.1. The summed E-state index contributed by atoms with van der Waals surface area (Å²) in [5.74, 6) is -3.56. The molecule has 5 atom stereocenters. The molecule has 1 aromatic carbocycles. The van der Waals surface area contributed by atoms with Crippen LogP contribution in [0.5, 0.6) is 0 Å². The second kappa shape index (κ2) is 21.5. The highest BCUT2D eigenvalue weighted by molar-refractivity contribution is 6.35. The molecule has 246 valence electrons. The molecule has 12 nitrogen and oxygen atoms in total. The lowest BCUT2D eigenvalue weighted by Gasteiger charge is -2.29. The molecule has 1 rings (SSSR count). The van der Waals surface area contributed by atoms with Gasteiger partial charge in [-0.3, -0.25) is 34.8 Å². The van der Waals surface area contributed by atoms with Crippen molar-refractivity contribution in [2.24, 2.45) is 17.8 Å². The number of hydrogen-bond acceptors (Lipinski definition) is 7. The fourth-order valence-electron chi connectivity index (χ4n) is 4.38. The van der Waals surface area contributed by atoms with Gasteiger partial charge in [-0.25, -0.2) is 4.79 Å². The van der Waals surface area contributed by atoms with E-state index >= 15 is 0 Å². The molecule has 44 heavy (non-hydrogen) atoms. The minimum Gasteiger partial charge on any atom is -0.450 e. The molecule has 3 unspecified atom stereocenters. The van der Waals surface area contributed by atoms with Gasteiger partial charge in [0, 0.05) is 13.3 Å². The molecule has 0 aliphatic rings. The minimum absolute atomic E-state index is 0.0217. The number of benzene rings is 1. The molecule has 5 amide bonds. The third kappa shape index (κ3) is 14.8. The second-order valence-corrected chi connectivity index (χ2v) is 10.4. The SMILES string of the molecule is C/C=C\C(C)C(C[C@H](NC(=O)C(C)=O)C(=O)NNC(=O)[C@H](C)NC(=O)C(Cc1ccccc1)NC(=O)OCC)C(C)C.CC. The van der Waals surface area contributed by atoms with Gasteiger partial charge in [-0.1, -0.05) is 77.1 Å². The number of carbonyl (C=O) groups excluding carboxylic acids is 6.